The zero-order chi connectivity index (χ0) is 26.5. The molecule has 1 heterocycles. The van der Waals surface area contributed by atoms with Crippen molar-refractivity contribution in [1.82, 2.24) is 4.57 Å². The molecule has 5 rings (SSSR count). The number of carboxylic acids is 1. The van der Waals surface area contributed by atoms with E-state index in [1.807, 2.05) is 78.2 Å². The van der Waals surface area contributed by atoms with Gasteiger partial charge in [0.25, 0.3) is 0 Å². The highest BCUT2D eigenvalue weighted by molar-refractivity contribution is 6.08. The summed E-state index contributed by atoms with van der Waals surface area (Å²) in [5.41, 5.74) is 3.39. The lowest BCUT2D eigenvalue weighted by Crippen LogP contribution is -2.10. The van der Waals surface area contributed by atoms with Gasteiger partial charge in [0, 0.05) is 29.6 Å². The highest BCUT2D eigenvalue weighted by Gasteiger charge is 2.25. The van der Waals surface area contributed by atoms with Gasteiger partial charge in [0.1, 0.15) is 29.5 Å². The Labute approximate surface area is 222 Å². The Morgan fingerprint density at radius 1 is 0.947 bits per heavy atom. The van der Waals surface area contributed by atoms with E-state index in [4.69, 9.17) is 18.9 Å². The molecule has 38 heavy (non-hydrogen) atoms. The average Bonchev–Trinajstić information content (AvgIpc) is 3.71. The summed E-state index contributed by atoms with van der Waals surface area (Å²) in [6, 6.07) is 21.1. The van der Waals surface area contributed by atoms with Gasteiger partial charge in [-0.1, -0.05) is 24.3 Å². The van der Waals surface area contributed by atoms with Crippen LogP contribution >= 0.6 is 0 Å². The van der Waals surface area contributed by atoms with Gasteiger partial charge in [-0.25, -0.2) is 4.79 Å². The maximum absolute atomic E-state index is 12.8. The van der Waals surface area contributed by atoms with Crippen molar-refractivity contribution in [2.24, 2.45) is 5.92 Å². The van der Waals surface area contributed by atoms with Crippen LogP contribution in [0.2, 0.25) is 0 Å². The largest absolute Gasteiger partial charge is 0.497 e. The second-order valence-corrected chi connectivity index (χ2v) is 9.47. The lowest BCUT2D eigenvalue weighted by Gasteiger charge is -2.11. The summed E-state index contributed by atoms with van der Waals surface area (Å²) in [4.78, 5) is 12.8. The summed E-state index contributed by atoms with van der Waals surface area (Å²) in [6.07, 6.45) is 2.40. The van der Waals surface area contributed by atoms with E-state index >= 15 is 0 Å². The maximum Gasteiger partial charge on any atom is 0.353 e. The van der Waals surface area contributed by atoms with Gasteiger partial charge in [0.05, 0.1) is 20.3 Å². The van der Waals surface area contributed by atoms with Crippen LogP contribution in [-0.2, 0) is 11.3 Å². The standard InChI is InChI=1S/C31H33NO6/c1-3-36-14-15-37-26-12-13-28-27(18-26)29(23-7-5-9-25(17-23)38-20-21-10-11-21)30(31(33)34)32(28)19-22-6-4-8-24(16-22)35-2/h4-9,12-13,16-18,21H,3,10-11,14-15,19-20H2,1-2H3,(H,33,34). The molecule has 0 amide bonds. The molecule has 1 saturated carbocycles. The number of benzene rings is 3. The molecular weight excluding hydrogens is 482 g/mol. The Balaban J connectivity index is 1.62. The van der Waals surface area contributed by atoms with Crippen molar-refractivity contribution < 1.29 is 28.8 Å². The van der Waals surface area contributed by atoms with Gasteiger partial charge in [0.2, 0.25) is 0 Å². The number of nitrogens with zero attached hydrogens (tertiary/aromatic N) is 1. The highest BCUT2D eigenvalue weighted by atomic mass is 16.5. The second kappa shape index (κ2) is 11.6. The molecule has 0 bridgehead atoms. The van der Waals surface area contributed by atoms with E-state index in [0.29, 0.717) is 50.2 Å². The summed E-state index contributed by atoms with van der Waals surface area (Å²) in [5, 5.41) is 11.3. The van der Waals surface area contributed by atoms with Crippen LogP contribution in [0.3, 0.4) is 0 Å². The molecule has 7 nitrogen and oxygen atoms in total. The Bertz CT molecular complexity index is 1420. The van der Waals surface area contributed by atoms with Crippen molar-refractivity contribution in [1.29, 1.82) is 0 Å². The predicted molar refractivity (Wildman–Crippen MR) is 147 cm³/mol. The summed E-state index contributed by atoms with van der Waals surface area (Å²) in [7, 11) is 1.62. The number of hydrogen-bond donors (Lipinski definition) is 1. The number of aromatic carboxylic acids is 1. The molecule has 0 saturated heterocycles. The normalized spacial score (nSPS) is 13.0. The first-order chi connectivity index (χ1) is 18.6. The van der Waals surface area contributed by atoms with Crippen molar-refractivity contribution >= 4 is 16.9 Å². The van der Waals surface area contributed by atoms with E-state index in [0.717, 1.165) is 33.5 Å². The molecule has 1 N–H and O–H groups in total. The molecule has 0 atom stereocenters. The van der Waals surface area contributed by atoms with Gasteiger partial charge in [-0.2, -0.15) is 0 Å². The lowest BCUT2D eigenvalue weighted by molar-refractivity contribution is 0.0687. The van der Waals surface area contributed by atoms with Crippen molar-refractivity contribution in [3.8, 4) is 28.4 Å². The van der Waals surface area contributed by atoms with Crippen LogP contribution in [0.5, 0.6) is 17.2 Å². The SMILES string of the molecule is CCOCCOc1ccc2c(c1)c(-c1cccc(OCC3CC3)c1)c(C(=O)O)n2Cc1cccc(OC)c1. The number of rotatable bonds is 13. The van der Waals surface area contributed by atoms with Crippen molar-refractivity contribution in [2.45, 2.75) is 26.3 Å². The monoisotopic (exact) mass is 515 g/mol. The number of fused-ring (bicyclic) bond motifs is 1. The number of carbonyl (C=O) groups is 1. The number of methoxy groups -OCH3 is 1. The first-order valence-electron chi connectivity index (χ1n) is 13.0. The van der Waals surface area contributed by atoms with E-state index in [9.17, 15) is 9.90 Å². The molecule has 0 aliphatic heterocycles. The molecule has 1 aromatic heterocycles. The summed E-state index contributed by atoms with van der Waals surface area (Å²) >= 11 is 0. The lowest BCUT2D eigenvalue weighted by atomic mass is 10.0. The third-order valence-electron chi connectivity index (χ3n) is 6.72. The topological polar surface area (TPSA) is 79.2 Å². The van der Waals surface area contributed by atoms with Crippen LogP contribution in [0.4, 0.5) is 0 Å². The Morgan fingerprint density at radius 3 is 2.50 bits per heavy atom. The summed E-state index contributed by atoms with van der Waals surface area (Å²) in [6.45, 7) is 4.52. The average molecular weight is 516 g/mol. The molecule has 198 valence electrons. The molecule has 3 aromatic carbocycles. The first kappa shape index (κ1) is 25.7. The summed E-state index contributed by atoms with van der Waals surface area (Å²) in [5.74, 6) is 1.75. The van der Waals surface area contributed by atoms with E-state index < -0.39 is 5.97 Å². The first-order valence-corrected chi connectivity index (χ1v) is 13.0. The van der Waals surface area contributed by atoms with Crippen molar-refractivity contribution in [3.63, 3.8) is 0 Å². The van der Waals surface area contributed by atoms with E-state index in [-0.39, 0.29) is 5.69 Å². The van der Waals surface area contributed by atoms with Gasteiger partial charge in [-0.3, -0.25) is 0 Å². The van der Waals surface area contributed by atoms with Crippen LogP contribution in [0.25, 0.3) is 22.0 Å². The summed E-state index contributed by atoms with van der Waals surface area (Å²) < 4.78 is 24.6. The number of aromatic nitrogens is 1. The minimum Gasteiger partial charge on any atom is -0.497 e. The molecule has 7 heteroatoms. The van der Waals surface area contributed by atoms with Crippen LogP contribution in [0.1, 0.15) is 35.8 Å². The zero-order valence-corrected chi connectivity index (χ0v) is 21.8. The molecule has 0 spiro atoms. The molecular formula is C31H33NO6. The fraction of sp³-hybridized carbons (Fsp3) is 0.323. The van der Waals surface area contributed by atoms with Gasteiger partial charge in [0.15, 0.2) is 0 Å². The van der Waals surface area contributed by atoms with E-state index in [1.54, 1.807) is 7.11 Å². The van der Waals surface area contributed by atoms with Crippen LogP contribution in [0.15, 0.2) is 66.7 Å². The van der Waals surface area contributed by atoms with Gasteiger partial charge < -0.3 is 28.6 Å². The molecule has 4 aromatic rings. The van der Waals surface area contributed by atoms with Gasteiger partial charge >= 0.3 is 5.97 Å². The molecule has 0 unspecified atom stereocenters. The van der Waals surface area contributed by atoms with Gasteiger partial charge in [-0.15, -0.1) is 0 Å². The third-order valence-corrected chi connectivity index (χ3v) is 6.72. The minimum absolute atomic E-state index is 0.216. The van der Waals surface area contributed by atoms with E-state index in [1.165, 1.54) is 12.8 Å². The van der Waals surface area contributed by atoms with Crippen LogP contribution < -0.4 is 14.2 Å². The quantitative estimate of drug-likeness (QED) is 0.212. The Hall–Kier alpha value is -3.97. The Kier molecular flexibility index (Phi) is 7.84. The Morgan fingerprint density at radius 2 is 1.74 bits per heavy atom. The molecule has 1 aliphatic carbocycles. The predicted octanol–water partition coefficient (Wildman–Crippen LogP) is 6.27. The fourth-order valence-corrected chi connectivity index (χ4v) is 4.66. The van der Waals surface area contributed by atoms with Crippen molar-refractivity contribution in [3.05, 3.63) is 78.0 Å². The second-order valence-electron chi connectivity index (χ2n) is 9.47. The molecule has 0 radical (unpaired) electrons. The minimum atomic E-state index is -0.998. The van der Waals surface area contributed by atoms with E-state index in [2.05, 4.69) is 0 Å². The smallest absolute Gasteiger partial charge is 0.353 e. The third kappa shape index (κ3) is 5.78. The zero-order valence-electron chi connectivity index (χ0n) is 21.8. The van der Waals surface area contributed by atoms with Gasteiger partial charge in [-0.05, 0) is 79.3 Å². The molecule has 1 fully saturated rings. The molecule has 1 aliphatic rings. The number of ether oxygens (including phenoxy) is 4. The fourth-order valence-electron chi connectivity index (χ4n) is 4.66. The maximum atomic E-state index is 12.8. The van der Waals surface area contributed by atoms with Crippen LogP contribution in [0, 0.1) is 5.92 Å². The number of hydrogen-bond acceptors (Lipinski definition) is 5. The highest BCUT2D eigenvalue weighted by Crippen LogP contribution is 2.39. The van der Waals surface area contributed by atoms with Crippen LogP contribution in [-0.4, -0.2) is 49.2 Å². The van der Waals surface area contributed by atoms with Crippen molar-refractivity contribution in [2.75, 3.05) is 33.5 Å². The number of carboxylic acid groups (broad SMARTS) is 1.